The maximum absolute atomic E-state index is 12.8. The quantitative estimate of drug-likeness (QED) is 0.704. The molecule has 3 rings (SSSR count). The van der Waals surface area contributed by atoms with E-state index in [1.165, 1.54) is 24.3 Å². The molecule has 3 aromatic rings. The summed E-state index contributed by atoms with van der Waals surface area (Å²) in [5.74, 6) is 0.561. The van der Waals surface area contributed by atoms with Crippen molar-refractivity contribution < 1.29 is 13.2 Å². The highest BCUT2D eigenvalue weighted by atomic mass is 32.2. The predicted octanol–water partition coefficient (Wildman–Crippen LogP) is 1.55. The number of imidazole rings is 1. The highest BCUT2D eigenvalue weighted by Crippen LogP contribution is 2.21. The first-order chi connectivity index (χ1) is 10.9. The van der Waals surface area contributed by atoms with Crippen LogP contribution in [0.25, 0.3) is 11.0 Å². The van der Waals surface area contributed by atoms with Crippen molar-refractivity contribution in [2.75, 3.05) is 12.3 Å². The predicted molar refractivity (Wildman–Crippen MR) is 87.2 cm³/mol. The highest BCUT2D eigenvalue weighted by Gasteiger charge is 2.22. The average Bonchev–Trinajstić information content (AvgIpc) is 2.83. The summed E-state index contributed by atoms with van der Waals surface area (Å²) in [6, 6.07) is 10.5. The van der Waals surface area contributed by atoms with E-state index < -0.39 is 15.7 Å². The third-order valence-corrected chi connectivity index (χ3v) is 5.05. The second-order valence-electron chi connectivity index (χ2n) is 4.88. The molecule has 7 nitrogen and oxygen atoms in total. The molecule has 1 heterocycles. The van der Waals surface area contributed by atoms with E-state index in [2.05, 4.69) is 4.98 Å². The van der Waals surface area contributed by atoms with Gasteiger partial charge in [0.05, 0.1) is 22.5 Å². The molecule has 1 aromatic heterocycles. The molecule has 0 aliphatic heterocycles. The lowest BCUT2D eigenvalue weighted by Crippen LogP contribution is -2.25. The number of ether oxygens (including phenoxy) is 1. The zero-order valence-electron chi connectivity index (χ0n) is 12.3. The molecular formula is C15H15N3O4S. The zero-order valence-corrected chi connectivity index (χ0v) is 13.1. The van der Waals surface area contributed by atoms with Crippen LogP contribution in [0.15, 0.2) is 52.2 Å². The molecule has 0 bridgehead atoms. The van der Waals surface area contributed by atoms with Crippen LogP contribution in [-0.4, -0.2) is 24.0 Å². The maximum Gasteiger partial charge on any atom is 0.340 e. The van der Waals surface area contributed by atoms with Gasteiger partial charge < -0.3 is 15.5 Å². The fourth-order valence-electron chi connectivity index (χ4n) is 2.32. The number of nitrogen functional groups attached to an aromatic ring is 1. The Hall–Kier alpha value is -2.74. The summed E-state index contributed by atoms with van der Waals surface area (Å²) < 4.78 is 31.5. The lowest BCUT2D eigenvalue weighted by molar-refractivity contribution is 0.340. The van der Waals surface area contributed by atoms with Gasteiger partial charge in [0.15, 0.2) is 0 Å². The minimum absolute atomic E-state index is 0.000720. The maximum atomic E-state index is 12.8. The SMILES string of the molecule is CCOc1ccc(S(=O)(=O)n2c(=O)[nH]c3cc(N)ccc32)cc1. The Kier molecular flexibility index (Phi) is 3.61. The molecule has 120 valence electrons. The number of H-pyrrole nitrogens is 1. The monoisotopic (exact) mass is 333 g/mol. The Morgan fingerprint density at radius 1 is 1.17 bits per heavy atom. The summed E-state index contributed by atoms with van der Waals surface area (Å²) in [6.07, 6.45) is 0. The summed E-state index contributed by atoms with van der Waals surface area (Å²) >= 11 is 0. The smallest absolute Gasteiger partial charge is 0.340 e. The number of nitrogens with one attached hydrogen (secondary N) is 1. The summed E-state index contributed by atoms with van der Waals surface area (Å²) in [5, 5.41) is 0. The number of aromatic nitrogens is 2. The van der Waals surface area contributed by atoms with Gasteiger partial charge in [0.1, 0.15) is 5.75 Å². The van der Waals surface area contributed by atoms with Crippen molar-refractivity contribution in [2.24, 2.45) is 0 Å². The highest BCUT2D eigenvalue weighted by molar-refractivity contribution is 7.90. The number of aromatic amines is 1. The molecule has 0 spiro atoms. The van der Waals surface area contributed by atoms with Gasteiger partial charge in [-0.1, -0.05) is 0 Å². The van der Waals surface area contributed by atoms with Crippen LogP contribution < -0.4 is 16.2 Å². The van der Waals surface area contributed by atoms with Gasteiger partial charge in [-0.25, -0.2) is 13.2 Å². The van der Waals surface area contributed by atoms with Gasteiger partial charge in [-0.3, -0.25) is 0 Å². The molecule has 0 unspecified atom stereocenters. The van der Waals surface area contributed by atoms with Gasteiger partial charge in [-0.2, -0.15) is 3.97 Å². The Morgan fingerprint density at radius 2 is 1.87 bits per heavy atom. The summed E-state index contributed by atoms with van der Waals surface area (Å²) in [4.78, 5) is 14.6. The van der Waals surface area contributed by atoms with Crippen LogP contribution in [0.1, 0.15) is 6.92 Å². The molecule has 0 radical (unpaired) electrons. The molecule has 3 N–H and O–H groups in total. The number of nitrogens with two attached hydrogens (primary N) is 1. The van der Waals surface area contributed by atoms with Crippen molar-refractivity contribution in [2.45, 2.75) is 11.8 Å². The number of anilines is 1. The Labute approximate surface area is 132 Å². The Bertz CT molecular complexity index is 1020. The molecule has 2 aromatic carbocycles. The number of nitrogens with zero attached hydrogens (tertiary/aromatic N) is 1. The fourth-order valence-corrected chi connectivity index (χ4v) is 3.70. The third-order valence-electron chi connectivity index (χ3n) is 3.34. The van der Waals surface area contributed by atoms with Crippen LogP contribution in [0, 0.1) is 0 Å². The van der Waals surface area contributed by atoms with Crippen LogP contribution in [0.2, 0.25) is 0 Å². The molecule has 0 aliphatic rings. The van der Waals surface area contributed by atoms with Gasteiger partial charge in [-0.05, 0) is 49.4 Å². The minimum atomic E-state index is -4.02. The number of benzene rings is 2. The fraction of sp³-hybridized carbons (Fsp3) is 0.133. The van der Waals surface area contributed by atoms with Crippen molar-refractivity contribution in [3.63, 3.8) is 0 Å². The van der Waals surface area contributed by atoms with Crippen molar-refractivity contribution in [3.05, 3.63) is 52.9 Å². The van der Waals surface area contributed by atoms with E-state index in [0.717, 1.165) is 3.97 Å². The molecule has 0 atom stereocenters. The lowest BCUT2D eigenvalue weighted by atomic mass is 10.3. The second-order valence-corrected chi connectivity index (χ2v) is 6.67. The second kappa shape index (κ2) is 5.47. The molecule has 8 heteroatoms. The van der Waals surface area contributed by atoms with E-state index in [0.29, 0.717) is 23.6 Å². The molecule has 0 saturated carbocycles. The van der Waals surface area contributed by atoms with Crippen molar-refractivity contribution in [1.82, 2.24) is 8.96 Å². The van der Waals surface area contributed by atoms with Crippen LogP contribution in [0.5, 0.6) is 5.75 Å². The van der Waals surface area contributed by atoms with Gasteiger partial charge >= 0.3 is 5.69 Å². The summed E-state index contributed by atoms with van der Waals surface area (Å²) in [6.45, 7) is 2.32. The molecule has 0 fully saturated rings. The van der Waals surface area contributed by atoms with Crippen LogP contribution >= 0.6 is 0 Å². The van der Waals surface area contributed by atoms with Gasteiger partial charge in [-0.15, -0.1) is 0 Å². The van der Waals surface area contributed by atoms with Crippen LogP contribution in [0.4, 0.5) is 5.69 Å². The largest absolute Gasteiger partial charge is 0.494 e. The number of hydrogen-bond donors (Lipinski definition) is 2. The van der Waals surface area contributed by atoms with Gasteiger partial charge in [0.25, 0.3) is 10.0 Å². The minimum Gasteiger partial charge on any atom is -0.494 e. The normalized spacial score (nSPS) is 11.7. The van der Waals surface area contributed by atoms with E-state index in [1.54, 1.807) is 18.2 Å². The molecule has 0 amide bonds. The first kappa shape index (κ1) is 15.2. The standard InChI is InChI=1S/C15H15N3O4S/c1-2-22-11-4-6-12(7-5-11)23(20,21)18-14-8-3-10(16)9-13(14)17-15(18)19/h3-9H,2,16H2,1H3,(H,17,19). The Balaban J connectivity index is 2.16. The first-order valence-electron chi connectivity index (χ1n) is 6.92. The van der Waals surface area contributed by atoms with E-state index in [-0.39, 0.29) is 10.4 Å². The molecule has 23 heavy (non-hydrogen) atoms. The van der Waals surface area contributed by atoms with Gasteiger partial charge in [0, 0.05) is 5.69 Å². The molecule has 0 saturated heterocycles. The first-order valence-corrected chi connectivity index (χ1v) is 8.36. The zero-order chi connectivity index (χ0) is 16.6. The van der Waals surface area contributed by atoms with Crippen LogP contribution in [-0.2, 0) is 10.0 Å². The van der Waals surface area contributed by atoms with E-state index >= 15 is 0 Å². The average molecular weight is 333 g/mol. The van der Waals surface area contributed by atoms with E-state index in [4.69, 9.17) is 10.5 Å². The van der Waals surface area contributed by atoms with Crippen LogP contribution in [0.3, 0.4) is 0 Å². The van der Waals surface area contributed by atoms with Crippen molar-refractivity contribution in [1.29, 1.82) is 0 Å². The summed E-state index contributed by atoms with van der Waals surface area (Å²) in [5.41, 5.74) is 5.97. The number of hydrogen-bond acceptors (Lipinski definition) is 5. The Morgan fingerprint density at radius 3 is 2.52 bits per heavy atom. The number of rotatable bonds is 4. The van der Waals surface area contributed by atoms with Gasteiger partial charge in [0.2, 0.25) is 0 Å². The van der Waals surface area contributed by atoms with Crippen molar-refractivity contribution in [3.8, 4) is 5.75 Å². The molecular weight excluding hydrogens is 318 g/mol. The molecule has 0 aliphatic carbocycles. The third kappa shape index (κ3) is 2.57. The van der Waals surface area contributed by atoms with Crippen molar-refractivity contribution >= 4 is 26.7 Å². The topological polar surface area (TPSA) is 107 Å². The van der Waals surface area contributed by atoms with E-state index in [9.17, 15) is 13.2 Å². The number of fused-ring (bicyclic) bond motifs is 1. The van der Waals surface area contributed by atoms with E-state index in [1.807, 2.05) is 6.92 Å². The summed E-state index contributed by atoms with van der Waals surface area (Å²) in [7, 11) is -4.02. The lowest BCUT2D eigenvalue weighted by Gasteiger charge is -2.07.